The number of rotatable bonds is 6. The van der Waals surface area contributed by atoms with Crippen LogP contribution in [-0.4, -0.2) is 5.78 Å². The van der Waals surface area contributed by atoms with E-state index in [9.17, 15) is 4.79 Å². The molecule has 0 aliphatic carbocycles. The first-order chi connectivity index (χ1) is 12.0. The topological polar surface area (TPSA) is 17.1 Å². The van der Waals surface area contributed by atoms with E-state index in [1.54, 1.807) is 0 Å². The Labute approximate surface area is 156 Å². The molecule has 1 nitrogen and oxygen atoms in total. The van der Waals surface area contributed by atoms with Crippen LogP contribution >= 0.6 is 11.6 Å². The predicted octanol–water partition coefficient (Wildman–Crippen LogP) is 6.85. The van der Waals surface area contributed by atoms with Gasteiger partial charge in [0.05, 0.1) is 0 Å². The fraction of sp³-hybridized carbons (Fsp3) is 0.261. The summed E-state index contributed by atoms with van der Waals surface area (Å²) in [6, 6.07) is 14.2. The first-order valence-corrected chi connectivity index (χ1v) is 9.15. The van der Waals surface area contributed by atoms with Gasteiger partial charge in [-0.25, -0.2) is 0 Å². The molecule has 0 saturated heterocycles. The van der Waals surface area contributed by atoms with Crippen molar-refractivity contribution < 1.29 is 4.79 Å². The van der Waals surface area contributed by atoms with Crippen LogP contribution in [0.15, 0.2) is 48.5 Å². The number of aryl methyl sites for hydroxylation is 1. The molecule has 0 aliphatic heterocycles. The Morgan fingerprint density at radius 3 is 2.48 bits per heavy atom. The van der Waals surface area contributed by atoms with Crippen molar-refractivity contribution in [2.45, 2.75) is 40.5 Å². The fourth-order valence-electron chi connectivity index (χ4n) is 2.92. The predicted molar refractivity (Wildman–Crippen MR) is 110 cm³/mol. The normalized spacial score (nSPS) is 12.4. The highest BCUT2D eigenvalue weighted by Crippen LogP contribution is 2.27. The third-order valence-electron chi connectivity index (χ3n) is 4.35. The van der Waals surface area contributed by atoms with Gasteiger partial charge in [-0.3, -0.25) is 4.79 Å². The van der Waals surface area contributed by atoms with Gasteiger partial charge in [0, 0.05) is 17.0 Å². The number of allylic oxidation sites excluding steroid dienone is 3. The summed E-state index contributed by atoms with van der Waals surface area (Å²) < 4.78 is 0. The van der Waals surface area contributed by atoms with Crippen molar-refractivity contribution in [3.8, 4) is 0 Å². The molecule has 0 radical (unpaired) electrons. The fourth-order valence-corrected chi connectivity index (χ4v) is 3.18. The summed E-state index contributed by atoms with van der Waals surface area (Å²) in [5, 5.41) is 0.755. The van der Waals surface area contributed by atoms with E-state index in [0.717, 1.165) is 39.3 Å². The lowest BCUT2D eigenvalue weighted by atomic mass is 9.93. The molecule has 0 fully saturated rings. The smallest absolute Gasteiger partial charge is 0.162 e. The minimum absolute atomic E-state index is 0.164. The van der Waals surface area contributed by atoms with Crippen LogP contribution < -0.4 is 0 Å². The number of benzene rings is 2. The zero-order chi connectivity index (χ0) is 18.4. The zero-order valence-electron chi connectivity index (χ0n) is 15.4. The zero-order valence-corrected chi connectivity index (χ0v) is 16.2. The van der Waals surface area contributed by atoms with Gasteiger partial charge in [0.2, 0.25) is 0 Å². The molecule has 25 heavy (non-hydrogen) atoms. The SMILES string of the molecule is C/C=C(\C(=O)CC)c1ccccc1/C=C(\C)c1cc(Cl)cc(CC)c1. The summed E-state index contributed by atoms with van der Waals surface area (Å²) in [7, 11) is 0. The number of Topliss-reactive ketones (excluding diaryl/α,β-unsaturated/α-hetero) is 1. The maximum atomic E-state index is 12.3. The Hall–Kier alpha value is -2.12. The van der Waals surface area contributed by atoms with Gasteiger partial charge in [-0.2, -0.15) is 0 Å². The van der Waals surface area contributed by atoms with Crippen LogP contribution in [-0.2, 0) is 11.2 Å². The average molecular weight is 353 g/mol. The summed E-state index contributed by atoms with van der Waals surface area (Å²) in [5.41, 5.74) is 6.27. The molecule has 0 heterocycles. The van der Waals surface area contributed by atoms with Crippen LogP contribution in [0.4, 0.5) is 0 Å². The lowest BCUT2D eigenvalue weighted by molar-refractivity contribution is -0.113. The van der Waals surface area contributed by atoms with Crippen molar-refractivity contribution in [1.29, 1.82) is 0 Å². The molecule has 0 aromatic heterocycles. The molecule has 2 heteroatoms. The average Bonchev–Trinajstić information content (AvgIpc) is 2.62. The van der Waals surface area contributed by atoms with E-state index in [0.29, 0.717) is 6.42 Å². The second-order valence-corrected chi connectivity index (χ2v) is 6.53. The first kappa shape index (κ1) is 19.2. The van der Waals surface area contributed by atoms with Crippen molar-refractivity contribution in [2.75, 3.05) is 0 Å². The van der Waals surface area contributed by atoms with Gasteiger partial charge in [0.25, 0.3) is 0 Å². The van der Waals surface area contributed by atoms with Crippen LogP contribution in [0, 0.1) is 0 Å². The lowest BCUT2D eigenvalue weighted by Gasteiger charge is -2.11. The number of ketones is 1. The van der Waals surface area contributed by atoms with E-state index >= 15 is 0 Å². The lowest BCUT2D eigenvalue weighted by Crippen LogP contribution is -2.01. The van der Waals surface area contributed by atoms with E-state index in [-0.39, 0.29) is 5.78 Å². The molecule has 2 aromatic rings. The number of carbonyl (C=O) groups is 1. The van der Waals surface area contributed by atoms with Crippen LogP contribution in [0.2, 0.25) is 5.02 Å². The molecule has 0 amide bonds. The van der Waals surface area contributed by atoms with E-state index in [4.69, 9.17) is 11.6 Å². The van der Waals surface area contributed by atoms with Gasteiger partial charge in [-0.05, 0) is 60.2 Å². The number of hydrogen-bond donors (Lipinski definition) is 0. The Kier molecular flexibility index (Phi) is 6.78. The van der Waals surface area contributed by atoms with E-state index in [1.807, 2.05) is 50.3 Å². The van der Waals surface area contributed by atoms with Gasteiger partial charge < -0.3 is 0 Å². The third-order valence-corrected chi connectivity index (χ3v) is 4.57. The molecule has 0 spiro atoms. The molecule has 0 saturated carbocycles. The molecular weight excluding hydrogens is 328 g/mol. The van der Waals surface area contributed by atoms with Crippen LogP contribution in [0.3, 0.4) is 0 Å². The molecule has 0 atom stereocenters. The highest BCUT2D eigenvalue weighted by atomic mass is 35.5. The van der Waals surface area contributed by atoms with Gasteiger partial charge in [-0.15, -0.1) is 0 Å². The molecule has 130 valence electrons. The molecule has 2 aromatic carbocycles. The number of halogens is 1. The monoisotopic (exact) mass is 352 g/mol. The second kappa shape index (κ2) is 8.82. The summed E-state index contributed by atoms with van der Waals surface area (Å²) in [6.45, 7) is 8.02. The summed E-state index contributed by atoms with van der Waals surface area (Å²) in [6.07, 6.45) is 5.49. The minimum atomic E-state index is 0.164. The second-order valence-electron chi connectivity index (χ2n) is 6.10. The Morgan fingerprint density at radius 1 is 1.12 bits per heavy atom. The van der Waals surface area contributed by atoms with Gasteiger partial charge >= 0.3 is 0 Å². The highest BCUT2D eigenvalue weighted by molar-refractivity contribution is 6.30. The van der Waals surface area contributed by atoms with E-state index in [2.05, 4.69) is 32.1 Å². The molecule has 0 N–H and O–H groups in total. The number of carbonyl (C=O) groups excluding carboxylic acids is 1. The molecule has 0 bridgehead atoms. The van der Waals surface area contributed by atoms with Gasteiger partial charge in [0.1, 0.15) is 0 Å². The van der Waals surface area contributed by atoms with E-state index in [1.165, 1.54) is 5.56 Å². The summed E-state index contributed by atoms with van der Waals surface area (Å²) >= 11 is 6.26. The highest BCUT2D eigenvalue weighted by Gasteiger charge is 2.12. The quantitative estimate of drug-likeness (QED) is 0.410. The maximum absolute atomic E-state index is 12.3. The molecule has 0 aliphatic rings. The summed E-state index contributed by atoms with van der Waals surface area (Å²) in [5.74, 6) is 0.164. The standard InChI is InChI=1S/C23H25ClO/c1-5-17-13-19(15-20(24)14-17)16(4)12-18-10-8-9-11-22(18)21(6-2)23(25)7-3/h6,8-15H,5,7H2,1-4H3/b16-12+,21-6-. The molecular formula is C23H25ClO. The first-order valence-electron chi connectivity index (χ1n) is 8.77. The van der Waals surface area contributed by atoms with Gasteiger partial charge in [-0.1, -0.05) is 67.9 Å². The summed E-state index contributed by atoms with van der Waals surface area (Å²) in [4.78, 5) is 12.3. The maximum Gasteiger partial charge on any atom is 0.162 e. The van der Waals surface area contributed by atoms with Crippen molar-refractivity contribution in [1.82, 2.24) is 0 Å². The Balaban J connectivity index is 2.51. The van der Waals surface area contributed by atoms with E-state index < -0.39 is 0 Å². The van der Waals surface area contributed by atoms with Crippen LogP contribution in [0.25, 0.3) is 17.2 Å². The largest absolute Gasteiger partial charge is 0.294 e. The van der Waals surface area contributed by atoms with Gasteiger partial charge in [0.15, 0.2) is 5.78 Å². The molecule has 2 rings (SSSR count). The van der Waals surface area contributed by atoms with Crippen LogP contribution in [0.5, 0.6) is 0 Å². The third kappa shape index (κ3) is 4.70. The number of hydrogen-bond acceptors (Lipinski definition) is 1. The minimum Gasteiger partial charge on any atom is -0.294 e. The van der Waals surface area contributed by atoms with Crippen molar-refractivity contribution >= 4 is 34.6 Å². The van der Waals surface area contributed by atoms with Crippen molar-refractivity contribution in [2.24, 2.45) is 0 Å². The van der Waals surface area contributed by atoms with Crippen molar-refractivity contribution in [3.63, 3.8) is 0 Å². The Morgan fingerprint density at radius 2 is 1.84 bits per heavy atom. The van der Waals surface area contributed by atoms with Crippen LogP contribution in [0.1, 0.15) is 56.4 Å². The van der Waals surface area contributed by atoms with Crippen molar-refractivity contribution in [3.05, 3.63) is 75.8 Å². The molecule has 0 unspecified atom stereocenters. The Bertz CT molecular complexity index is 828.